The zero-order chi connectivity index (χ0) is 6.69. The Bertz CT molecular complexity index is 185. The molecule has 0 aliphatic heterocycles. The molecular weight excluding hydrogens is 120 g/mol. The first-order valence-electron chi connectivity index (χ1n) is 2.37. The van der Waals surface area contributed by atoms with Crippen LogP contribution in [0.2, 0.25) is 0 Å². The summed E-state index contributed by atoms with van der Waals surface area (Å²) in [6.07, 6.45) is 0. The quantitative estimate of drug-likeness (QED) is 0.553. The van der Waals surface area contributed by atoms with Crippen molar-refractivity contribution < 1.29 is 9.84 Å². The van der Waals surface area contributed by atoms with Crippen LogP contribution in [0.15, 0.2) is 12.1 Å². The van der Waals surface area contributed by atoms with E-state index in [4.69, 9.17) is 0 Å². The molecule has 0 amide bonds. The average molecular weight is 125 g/mol. The van der Waals surface area contributed by atoms with Gasteiger partial charge in [0, 0.05) is 12.1 Å². The zero-order valence-corrected chi connectivity index (χ0v) is 4.87. The number of ether oxygens (including phenoxy) is 1. The van der Waals surface area contributed by atoms with E-state index < -0.39 is 0 Å². The molecule has 0 aliphatic carbocycles. The fourth-order valence-electron chi connectivity index (χ4n) is 0.417. The van der Waals surface area contributed by atoms with Gasteiger partial charge in [0.1, 0.15) is 0 Å². The van der Waals surface area contributed by atoms with Gasteiger partial charge in [0.2, 0.25) is 5.88 Å². The molecule has 0 atom stereocenters. The summed E-state index contributed by atoms with van der Waals surface area (Å²) >= 11 is 0. The Balaban J connectivity index is 2.88. The van der Waals surface area contributed by atoms with E-state index in [0.29, 0.717) is 5.88 Å². The first kappa shape index (κ1) is 5.81. The minimum Gasteiger partial charge on any atom is -0.480 e. The van der Waals surface area contributed by atoms with Gasteiger partial charge in [0.15, 0.2) is 0 Å². The number of aromatic nitrogens is 2. The third kappa shape index (κ3) is 1.28. The Hall–Kier alpha value is -1.32. The van der Waals surface area contributed by atoms with Crippen molar-refractivity contribution in [1.82, 2.24) is 10.2 Å². The molecule has 0 saturated heterocycles. The molecule has 0 spiro atoms. The van der Waals surface area contributed by atoms with Crippen LogP contribution in [0.3, 0.4) is 0 Å². The first-order valence-corrected chi connectivity index (χ1v) is 2.37. The van der Waals surface area contributed by atoms with Crippen molar-refractivity contribution in [1.29, 1.82) is 0 Å². The van der Waals surface area contributed by atoms with Gasteiger partial charge in [-0.3, -0.25) is 5.11 Å². The predicted molar refractivity (Wildman–Crippen MR) is 28.7 cm³/mol. The third-order valence-corrected chi connectivity index (χ3v) is 0.825. The van der Waals surface area contributed by atoms with Crippen LogP contribution in [0.5, 0.6) is 11.8 Å². The van der Waals surface area contributed by atoms with Crippen molar-refractivity contribution in [3.05, 3.63) is 12.1 Å². The van der Waals surface area contributed by atoms with E-state index in [0.717, 1.165) is 0 Å². The maximum atomic E-state index is 10.3. The van der Waals surface area contributed by atoms with E-state index in [1.807, 2.05) is 0 Å². The summed E-state index contributed by atoms with van der Waals surface area (Å²) in [5.41, 5.74) is 0. The lowest BCUT2D eigenvalue weighted by Crippen LogP contribution is -1.87. The lowest BCUT2D eigenvalue weighted by Gasteiger charge is -1.92. The van der Waals surface area contributed by atoms with Crippen LogP contribution >= 0.6 is 0 Å². The maximum Gasteiger partial charge on any atom is 0.288 e. The Morgan fingerprint density at radius 3 is 2.67 bits per heavy atom. The summed E-state index contributed by atoms with van der Waals surface area (Å²) in [5.74, 6) is 0.00500. The maximum absolute atomic E-state index is 10.3. The second kappa shape index (κ2) is 2.30. The van der Waals surface area contributed by atoms with Crippen LogP contribution in [0, 0.1) is 0 Å². The molecule has 1 heterocycles. The van der Waals surface area contributed by atoms with Crippen LogP contribution in [0.25, 0.3) is 0 Å². The largest absolute Gasteiger partial charge is 0.480 e. The fourth-order valence-corrected chi connectivity index (χ4v) is 0.417. The summed E-state index contributed by atoms with van der Waals surface area (Å²) in [6.45, 7) is 0. The number of hydrogen-bond donors (Lipinski definition) is 0. The van der Waals surface area contributed by atoms with E-state index >= 15 is 0 Å². The van der Waals surface area contributed by atoms with Gasteiger partial charge in [-0.25, -0.2) is 0 Å². The number of methoxy groups -OCH3 is 1. The van der Waals surface area contributed by atoms with E-state index in [1.165, 1.54) is 19.2 Å². The topological polar surface area (TPSA) is 54.9 Å². The molecule has 47 valence electrons. The number of rotatable bonds is 1. The standard InChI is InChI=1S/C5H5N2O2/c1-9-5-3-2-4(8)6-7-5/h2-3H,1H3. The summed E-state index contributed by atoms with van der Waals surface area (Å²) < 4.78 is 4.66. The molecule has 0 unspecified atom stereocenters. The monoisotopic (exact) mass is 125 g/mol. The van der Waals surface area contributed by atoms with Gasteiger partial charge in [0.05, 0.1) is 7.11 Å². The SMILES string of the molecule is COc1ccc([O])nn1. The smallest absolute Gasteiger partial charge is 0.288 e. The minimum atomic E-state index is -0.351. The second-order valence-electron chi connectivity index (χ2n) is 1.41. The normalized spacial score (nSPS) is 9.00. The predicted octanol–water partition coefficient (Wildman–Crippen LogP) is 0.629. The molecule has 0 aromatic carbocycles. The van der Waals surface area contributed by atoms with Crippen molar-refractivity contribution in [2.75, 3.05) is 7.11 Å². The van der Waals surface area contributed by atoms with Gasteiger partial charge >= 0.3 is 0 Å². The lowest BCUT2D eigenvalue weighted by molar-refractivity contribution is 0.323. The van der Waals surface area contributed by atoms with Gasteiger partial charge in [-0.15, -0.1) is 10.2 Å². The Labute approximate surface area is 52.1 Å². The van der Waals surface area contributed by atoms with Crippen molar-refractivity contribution >= 4 is 0 Å². The van der Waals surface area contributed by atoms with Crippen LogP contribution < -0.4 is 4.74 Å². The zero-order valence-electron chi connectivity index (χ0n) is 4.87. The van der Waals surface area contributed by atoms with E-state index in [1.54, 1.807) is 0 Å². The van der Waals surface area contributed by atoms with E-state index in [-0.39, 0.29) is 5.88 Å². The van der Waals surface area contributed by atoms with Crippen LogP contribution in [-0.2, 0) is 5.11 Å². The highest BCUT2D eigenvalue weighted by Gasteiger charge is 1.92. The molecule has 0 saturated carbocycles. The Morgan fingerprint density at radius 1 is 1.44 bits per heavy atom. The van der Waals surface area contributed by atoms with Crippen LogP contribution in [0.4, 0.5) is 0 Å². The molecular formula is C5H5N2O2. The van der Waals surface area contributed by atoms with Gasteiger partial charge < -0.3 is 4.74 Å². The Kier molecular flexibility index (Phi) is 1.48. The molecule has 4 nitrogen and oxygen atoms in total. The van der Waals surface area contributed by atoms with Gasteiger partial charge in [-0.1, -0.05) is 0 Å². The molecule has 9 heavy (non-hydrogen) atoms. The molecule has 1 rings (SSSR count). The Morgan fingerprint density at radius 2 is 2.22 bits per heavy atom. The summed E-state index contributed by atoms with van der Waals surface area (Å²) in [5, 5.41) is 16.9. The highest BCUT2D eigenvalue weighted by Crippen LogP contribution is 2.06. The van der Waals surface area contributed by atoms with Crippen molar-refractivity contribution in [3.63, 3.8) is 0 Å². The molecule has 1 aromatic rings. The molecule has 0 bridgehead atoms. The molecule has 0 fully saturated rings. The number of nitrogens with zero attached hydrogens (tertiary/aromatic N) is 2. The van der Waals surface area contributed by atoms with Crippen molar-refractivity contribution in [2.45, 2.75) is 0 Å². The first-order chi connectivity index (χ1) is 4.33. The number of hydrogen-bond acceptors (Lipinski definition) is 3. The summed E-state index contributed by atoms with van der Waals surface area (Å²) in [6, 6.07) is 2.77. The van der Waals surface area contributed by atoms with Crippen LogP contribution in [0.1, 0.15) is 0 Å². The van der Waals surface area contributed by atoms with Crippen molar-refractivity contribution in [2.24, 2.45) is 0 Å². The van der Waals surface area contributed by atoms with Crippen molar-refractivity contribution in [3.8, 4) is 11.8 Å². The lowest BCUT2D eigenvalue weighted by atomic mass is 10.5. The summed E-state index contributed by atoms with van der Waals surface area (Å²) in [7, 11) is 1.47. The molecule has 0 N–H and O–H groups in total. The highest BCUT2D eigenvalue weighted by molar-refractivity contribution is 5.13. The van der Waals surface area contributed by atoms with E-state index in [2.05, 4.69) is 14.9 Å². The summed E-state index contributed by atoms with van der Waals surface area (Å²) in [4.78, 5) is 0. The third-order valence-electron chi connectivity index (χ3n) is 0.825. The molecule has 0 aliphatic rings. The minimum absolute atomic E-state index is 0.351. The highest BCUT2D eigenvalue weighted by atomic mass is 16.5. The molecule has 4 heteroatoms. The van der Waals surface area contributed by atoms with Gasteiger partial charge in [-0.2, -0.15) is 0 Å². The molecule has 1 aromatic heterocycles. The van der Waals surface area contributed by atoms with Gasteiger partial charge in [0.25, 0.3) is 5.88 Å². The van der Waals surface area contributed by atoms with Gasteiger partial charge in [-0.05, 0) is 0 Å². The fraction of sp³-hybridized carbons (Fsp3) is 0.200. The second-order valence-corrected chi connectivity index (χ2v) is 1.41. The average Bonchev–Trinajstić information content (AvgIpc) is 1.90. The van der Waals surface area contributed by atoms with E-state index in [9.17, 15) is 5.11 Å². The van der Waals surface area contributed by atoms with Crippen LogP contribution in [-0.4, -0.2) is 17.3 Å². The molecule has 1 radical (unpaired) electrons.